The summed E-state index contributed by atoms with van der Waals surface area (Å²) < 4.78 is 78.0. The summed E-state index contributed by atoms with van der Waals surface area (Å²) in [5.74, 6) is 0.500. The molecule has 2 heterocycles. The van der Waals surface area contributed by atoms with Gasteiger partial charge in [-0.1, -0.05) is 0 Å². The lowest BCUT2D eigenvalue weighted by Crippen LogP contribution is -2.38. The molecule has 0 atom stereocenters. The van der Waals surface area contributed by atoms with Crippen molar-refractivity contribution in [3.05, 3.63) is 52.7 Å². The van der Waals surface area contributed by atoms with Gasteiger partial charge in [-0.2, -0.15) is 31.6 Å². The Labute approximate surface area is 168 Å². The molecule has 1 saturated heterocycles. The summed E-state index contributed by atoms with van der Waals surface area (Å²) >= 11 is 0. The molecule has 5 nitrogen and oxygen atoms in total. The Bertz CT molecular complexity index is 877. The Hall–Kier alpha value is -2.87. The SMILES string of the molecule is N#Cc1ccc(NC2CCN(Cc3cc(C(F)(F)F)cc(C(F)(F)F)c3)CC2)nn1. The van der Waals surface area contributed by atoms with Gasteiger partial charge in [0.2, 0.25) is 0 Å². The number of hydrogen-bond donors (Lipinski definition) is 1. The Morgan fingerprint density at radius 3 is 2.03 bits per heavy atom. The molecule has 0 spiro atoms. The molecule has 3 rings (SSSR count). The maximum Gasteiger partial charge on any atom is 0.416 e. The van der Waals surface area contributed by atoms with E-state index in [1.807, 2.05) is 11.0 Å². The Morgan fingerprint density at radius 1 is 0.967 bits per heavy atom. The molecule has 1 aromatic heterocycles. The number of nitriles is 1. The summed E-state index contributed by atoms with van der Waals surface area (Å²) in [5.41, 5.74) is -2.44. The number of alkyl halides is 6. The number of nitrogens with zero attached hydrogens (tertiary/aromatic N) is 4. The number of nitrogens with one attached hydrogen (secondary N) is 1. The van der Waals surface area contributed by atoms with Crippen molar-refractivity contribution < 1.29 is 26.3 Å². The zero-order valence-corrected chi connectivity index (χ0v) is 15.6. The number of likely N-dealkylation sites (tertiary alicyclic amines) is 1. The van der Waals surface area contributed by atoms with Crippen LogP contribution in [0.5, 0.6) is 0 Å². The van der Waals surface area contributed by atoms with Gasteiger partial charge in [0.1, 0.15) is 11.9 Å². The monoisotopic (exact) mass is 429 g/mol. The fraction of sp³-hybridized carbons (Fsp3) is 0.421. The van der Waals surface area contributed by atoms with Crippen LogP contribution in [0.25, 0.3) is 0 Å². The quantitative estimate of drug-likeness (QED) is 0.727. The number of halogens is 6. The first-order chi connectivity index (χ1) is 14.0. The van der Waals surface area contributed by atoms with Crippen LogP contribution in [0, 0.1) is 11.3 Å². The highest BCUT2D eigenvalue weighted by Gasteiger charge is 2.37. The highest BCUT2D eigenvalue weighted by molar-refractivity contribution is 5.36. The molecule has 30 heavy (non-hydrogen) atoms. The van der Waals surface area contributed by atoms with E-state index >= 15 is 0 Å². The summed E-state index contributed by atoms with van der Waals surface area (Å²) in [7, 11) is 0. The van der Waals surface area contributed by atoms with Crippen LogP contribution in [0.1, 0.15) is 35.2 Å². The molecule has 0 radical (unpaired) electrons. The number of hydrogen-bond acceptors (Lipinski definition) is 5. The first-order valence-electron chi connectivity index (χ1n) is 9.05. The van der Waals surface area contributed by atoms with Gasteiger partial charge < -0.3 is 5.32 Å². The minimum absolute atomic E-state index is 0.00358. The van der Waals surface area contributed by atoms with E-state index in [-0.39, 0.29) is 29.9 Å². The Balaban J connectivity index is 1.63. The van der Waals surface area contributed by atoms with Crippen molar-refractivity contribution in [1.29, 1.82) is 5.26 Å². The predicted molar refractivity (Wildman–Crippen MR) is 95.1 cm³/mol. The van der Waals surface area contributed by atoms with Gasteiger partial charge in [0.05, 0.1) is 11.1 Å². The molecule has 160 valence electrons. The van der Waals surface area contributed by atoms with Gasteiger partial charge in [-0.05, 0) is 48.7 Å². The number of benzene rings is 1. The Kier molecular flexibility index (Phi) is 6.17. The molecule has 0 amide bonds. The lowest BCUT2D eigenvalue weighted by Gasteiger charge is -2.32. The third-order valence-electron chi connectivity index (χ3n) is 4.77. The second-order valence-electron chi connectivity index (χ2n) is 7.02. The molecular weight excluding hydrogens is 412 g/mol. The summed E-state index contributed by atoms with van der Waals surface area (Å²) in [6.45, 7) is 0.994. The van der Waals surface area contributed by atoms with Crippen molar-refractivity contribution in [2.75, 3.05) is 18.4 Å². The highest BCUT2D eigenvalue weighted by atomic mass is 19.4. The van der Waals surface area contributed by atoms with Crippen LogP contribution in [-0.4, -0.2) is 34.2 Å². The molecule has 0 aliphatic carbocycles. The van der Waals surface area contributed by atoms with Crippen LogP contribution in [0.4, 0.5) is 32.2 Å². The maximum absolute atomic E-state index is 13.0. The normalized spacial score (nSPS) is 16.3. The molecule has 1 aliphatic rings. The van der Waals surface area contributed by atoms with E-state index in [9.17, 15) is 26.3 Å². The van der Waals surface area contributed by atoms with E-state index in [1.165, 1.54) is 6.07 Å². The van der Waals surface area contributed by atoms with Crippen LogP contribution in [0.15, 0.2) is 30.3 Å². The average Bonchev–Trinajstić information content (AvgIpc) is 2.68. The maximum atomic E-state index is 13.0. The summed E-state index contributed by atoms with van der Waals surface area (Å²) in [4.78, 5) is 1.82. The van der Waals surface area contributed by atoms with Gasteiger partial charge in [-0.25, -0.2) is 0 Å². The lowest BCUT2D eigenvalue weighted by atomic mass is 10.0. The standard InChI is InChI=1S/C19H17F6N5/c20-18(21,22)13-7-12(8-14(9-13)19(23,24)25)11-30-5-3-15(4-6-30)27-17-2-1-16(10-26)28-29-17/h1-2,7-9,15H,3-6,11H2,(H,27,29). The summed E-state index contributed by atoms with van der Waals surface area (Å²) in [6.07, 6.45) is -8.44. The number of piperidine rings is 1. The minimum Gasteiger partial charge on any atom is -0.366 e. The highest BCUT2D eigenvalue weighted by Crippen LogP contribution is 2.36. The molecule has 2 aromatic rings. The molecule has 1 aliphatic heterocycles. The first-order valence-corrected chi connectivity index (χ1v) is 9.05. The van der Waals surface area contributed by atoms with Crippen LogP contribution in [0.3, 0.4) is 0 Å². The number of rotatable bonds is 4. The second-order valence-corrected chi connectivity index (χ2v) is 7.02. The van der Waals surface area contributed by atoms with Crippen LogP contribution in [0.2, 0.25) is 0 Å². The fourth-order valence-electron chi connectivity index (χ4n) is 3.28. The van der Waals surface area contributed by atoms with E-state index in [1.54, 1.807) is 6.07 Å². The largest absolute Gasteiger partial charge is 0.416 e. The van der Waals surface area contributed by atoms with Crippen molar-refractivity contribution in [2.45, 2.75) is 37.8 Å². The van der Waals surface area contributed by atoms with Crippen molar-refractivity contribution in [3.8, 4) is 6.07 Å². The van der Waals surface area contributed by atoms with Gasteiger partial charge in [0, 0.05) is 25.7 Å². The van der Waals surface area contributed by atoms with Crippen LogP contribution in [-0.2, 0) is 18.9 Å². The van der Waals surface area contributed by atoms with E-state index < -0.39 is 23.5 Å². The van der Waals surface area contributed by atoms with Crippen molar-refractivity contribution in [1.82, 2.24) is 15.1 Å². The molecule has 1 fully saturated rings. The third kappa shape index (κ3) is 5.60. The number of aromatic nitrogens is 2. The molecule has 0 bridgehead atoms. The van der Waals surface area contributed by atoms with Crippen LogP contribution >= 0.6 is 0 Å². The topological polar surface area (TPSA) is 64.8 Å². The van der Waals surface area contributed by atoms with Crippen molar-refractivity contribution >= 4 is 5.82 Å². The molecule has 1 aromatic carbocycles. The third-order valence-corrected chi connectivity index (χ3v) is 4.77. The number of anilines is 1. The van der Waals surface area contributed by atoms with Gasteiger partial charge >= 0.3 is 12.4 Å². The zero-order chi connectivity index (χ0) is 21.9. The molecule has 0 unspecified atom stereocenters. The van der Waals surface area contributed by atoms with E-state index in [0.29, 0.717) is 31.7 Å². The Morgan fingerprint density at radius 2 is 1.57 bits per heavy atom. The van der Waals surface area contributed by atoms with Crippen molar-refractivity contribution in [2.24, 2.45) is 0 Å². The van der Waals surface area contributed by atoms with Crippen molar-refractivity contribution in [3.63, 3.8) is 0 Å². The molecule has 11 heteroatoms. The molecular formula is C19H17F6N5. The van der Waals surface area contributed by atoms with E-state index in [0.717, 1.165) is 12.1 Å². The minimum atomic E-state index is -4.85. The van der Waals surface area contributed by atoms with Gasteiger partial charge in [-0.15, -0.1) is 10.2 Å². The smallest absolute Gasteiger partial charge is 0.366 e. The fourth-order valence-corrected chi connectivity index (χ4v) is 3.28. The average molecular weight is 429 g/mol. The lowest BCUT2D eigenvalue weighted by molar-refractivity contribution is -0.143. The zero-order valence-electron chi connectivity index (χ0n) is 15.6. The molecule has 0 saturated carbocycles. The van der Waals surface area contributed by atoms with E-state index in [4.69, 9.17) is 5.26 Å². The summed E-state index contributed by atoms with van der Waals surface area (Å²) in [6, 6.07) is 6.73. The van der Waals surface area contributed by atoms with E-state index in [2.05, 4.69) is 15.5 Å². The molecule has 1 N–H and O–H groups in total. The first kappa shape index (κ1) is 21.8. The predicted octanol–water partition coefficient (Wildman–Crippen LogP) is 4.46. The van der Waals surface area contributed by atoms with Crippen LogP contribution < -0.4 is 5.32 Å². The second kappa shape index (κ2) is 8.47. The van der Waals surface area contributed by atoms with Gasteiger partial charge in [0.25, 0.3) is 0 Å². The van der Waals surface area contributed by atoms with Gasteiger partial charge in [0.15, 0.2) is 5.69 Å². The summed E-state index contributed by atoms with van der Waals surface area (Å²) in [5, 5.41) is 19.5. The van der Waals surface area contributed by atoms with Gasteiger partial charge in [-0.3, -0.25) is 4.90 Å².